The molecule has 0 radical (unpaired) electrons. The van der Waals surface area contributed by atoms with Crippen molar-refractivity contribution >= 4 is 22.8 Å². The fourth-order valence-corrected chi connectivity index (χ4v) is 2.07. The Bertz CT molecular complexity index is 431. The van der Waals surface area contributed by atoms with Gasteiger partial charge >= 0.3 is 12.1 Å². The summed E-state index contributed by atoms with van der Waals surface area (Å²) in [6.45, 7) is 0. The maximum atomic E-state index is 12.3. The van der Waals surface area contributed by atoms with E-state index in [9.17, 15) is 22.8 Å². The van der Waals surface area contributed by atoms with Crippen molar-refractivity contribution < 1.29 is 27.9 Å². The first kappa shape index (κ1) is 14.6. The van der Waals surface area contributed by atoms with Gasteiger partial charge in [-0.25, -0.2) is 0 Å². The van der Waals surface area contributed by atoms with Crippen LogP contribution in [0, 0.1) is 5.92 Å². The van der Waals surface area contributed by atoms with Crippen LogP contribution in [-0.4, -0.2) is 28.1 Å². The number of carbonyl (C=O) groups excluding carboxylic acids is 1. The maximum absolute atomic E-state index is 12.3. The van der Waals surface area contributed by atoms with Crippen molar-refractivity contribution in [3.63, 3.8) is 0 Å². The molecule has 0 saturated heterocycles. The molecule has 1 aromatic rings. The number of carbonyl (C=O) groups is 2. The van der Waals surface area contributed by atoms with Gasteiger partial charge in [0.15, 0.2) is 5.92 Å². The highest BCUT2D eigenvalue weighted by molar-refractivity contribution is 8.14. The van der Waals surface area contributed by atoms with Gasteiger partial charge in [-0.2, -0.15) is 13.2 Å². The van der Waals surface area contributed by atoms with Crippen molar-refractivity contribution in [2.75, 3.05) is 5.75 Å². The van der Waals surface area contributed by atoms with E-state index in [1.54, 1.807) is 18.2 Å². The van der Waals surface area contributed by atoms with Gasteiger partial charge in [0.05, 0.1) is 0 Å². The van der Waals surface area contributed by atoms with E-state index in [0.717, 1.165) is 0 Å². The normalized spacial score (nSPS) is 13.1. The number of aliphatic carboxylic acids is 1. The molecule has 18 heavy (non-hydrogen) atoms. The molecule has 1 atom stereocenters. The minimum absolute atomic E-state index is 0.244. The molecule has 0 aliphatic rings. The lowest BCUT2D eigenvalue weighted by molar-refractivity contribution is -0.188. The van der Waals surface area contributed by atoms with Crippen molar-refractivity contribution in [3.8, 4) is 0 Å². The van der Waals surface area contributed by atoms with E-state index in [1.165, 1.54) is 12.1 Å². The van der Waals surface area contributed by atoms with Gasteiger partial charge in [0.25, 0.3) is 0 Å². The van der Waals surface area contributed by atoms with Crippen LogP contribution in [0.1, 0.15) is 10.4 Å². The molecule has 1 unspecified atom stereocenters. The smallest absolute Gasteiger partial charge is 0.403 e. The number of benzene rings is 1. The van der Waals surface area contributed by atoms with Crippen LogP contribution in [0.4, 0.5) is 13.2 Å². The van der Waals surface area contributed by atoms with Crippen LogP contribution in [0.5, 0.6) is 0 Å². The minimum atomic E-state index is -4.85. The summed E-state index contributed by atoms with van der Waals surface area (Å²) in [4.78, 5) is 22.0. The Kier molecular flexibility index (Phi) is 4.77. The van der Waals surface area contributed by atoms with Gasteiger partial charge in [-0.15, -0.1) is 0 Å². The Labute approximate surface area is 105 Å². The highest BCUT2D eigenvalue weighted by atomic mass is 32.2. The molecule has 0 amide bonds. The van der Waals surface area contributed by atoms with Gasteiger partial charge in [0.2, 0.25) is 5.12 Å². The second kappa shape index (κ2) is 5.90. The molecule has 1 N–H and O–H groups in total. The van der Waals surface area contributed by atoms with Crippen molar-refractivity contribution in [1.82, 2.24) is 0 Å². The molecule has 3 nitrogen and oxygen atoms in total. The summed E-state index contributed by atoms with van der Waals surface area (Å²) in [5.41, 5.74) is 0.244. The summed E-state index contributed by atoms with van der Waals surface area (Å²) in [6, 6.07) is 7.73. The standard InChI is InChI=1S/C11H9F3O3S/c12-11(13,14)8(9(15)16)6-18-10(17)7-4-2-1-3-5-7/h1-5,8H,6H2,(H,15,16). The minimum Gasteiger partial charge on any atom is -0.481 e. The molecule has 0 saturated carbocycles. The Hall–Kier alpha value is -1.50. The molecule has 0 aromatic heterocycles. The average Bonchev–Trinajstić information content (AvgIpc) is 2.28. The van der Waals surface area contributed by atoms with Crippen LogP contribution in [0.2, 0.25) is 0 Å². The van der Waals surface area contributed by atoms with Crippen molar-refractivity contribution in [3.05, 3.63) is 35.9 Å². The number of alkyl halides is 3. The summed E-state index contributed by atoms with van der Waals surface area (Å²) >= 11 is 0.353. The maximum Gasteiger partial charge on any atom is 0.403 e. The van der Waals surface area contributed by atoms with Crippen LogP contribution in [0.15, 0.2) is 30.3 Å². The van der Waals surface area contributed by atoms with Crippen LogP contribution >= 0.6 is 11.8 Å². The fourth-order valence-electron chi connectivity index (χ4n) is 1.12. The summed E-state index contributed by atoms with van der Waals surface area (Å²) < 4.78 is 37.0. The lowest BCUT2D eigenvalue weighted by Gasteiger charge is -2.14. The highest BCUT2D eigenvalue weighted by Gasteiger charge is 2.45. The first-order valence-electron chi connectivity index (χ1n) is 4.84. The third-order valence-corrected chi connectivity index (χ3v) is 3.08. The molecule has 0 aliphatic heterocycles. The largest absolute Gasteiger partial charge is 0.481 e. The lowest BCUT2D eigenvalue weighted by Crippen LogP contribution is -2.32. The van der Waals surface area contributed by atoms with E-state index in [-0.39, 0.29) is 5.56 Å². The average molecular weight is 278 g/mol. The predicted octanol–water partition coefficient (Wildman–Crippen LogP) is 2.82. The third kappa shape index (κ3) is 4.06. The van der Waals surface area contributed by atoms with Gasteiger partial charge < -0.3 is 5.11 Å². The molecule has 98 valence electrons. The fraction of sp³-hybridized carbons (Fsp3) is 0.273. The Morgan fingerprint density at radius 1 is 1.22 bits per heavy atom. The summed E-state index contributed by atoms with van der Waals surface area (Å²) in [5.74, 6) is -5.34. The molecule has 7 heteroatoms. The molecular weight excluding hydrogens is 269 g/mol. The number of carboxylic acids is 1. The first-order valence-corrected chi connectivity index (χ1v) is 5.82. The van der Waals surface area contributed by atoms with Gasteiger partial charge in [-0.3, -0.25) is 9.59 Å². The van der Waals surface area contributed by atoms with Crippen molar-refractivity contribution in [2.24, 2.45) is 5.92 Å². The topological polar surface area (TPSA) is 54.4 Å². The van der Waals surface area contributed by atoms with Gasteiger partial charge in [0, 0.05) is 11.3 Å². The number of hydrogen-bond donors (Lipinski definition) is 1. The van der Waals surface area contributed by atoms with Crippen LogP contribution in [-0.2, 0) is 4.79 Å². The molecule has 0 aliphatic carbocycles. The highest BCUT2D eigenvalue weighted by Crippen LogP contribution is 2.30. The Morgan fingerprint density at radius 2 is 1.78 bits per heavy atom. The predicted molar refractivity (Wildman–Crippen MR) is 60.4 cm³/mol. The van der Waals surface area contributed by atoms with Crippen LogP contribution in [0.3, 0.4) is 0 Å². The van der Waals surface area contributed by atoms with Gasteiger partial charge in [-0.05, 0) is 0 Å². The van der Waals surface area contributed by atoms with E-state index in [0.29, 0.717) is 11.8 Å². The number of halogens is 3. The number of thioether (sulfide) groups is 1. The molecule has 0 spiro atoms. The monoisotopic (exact) mass is 278 g/mol. The second-order valence-electron chi connectivity index (χ2n) is 3.40. The lowest BCUT2D eigenvalue weighted by atomic mass is 10.2. The van der Waals surface area contributed by atoms with Crippen LogP contribution in [0.25, 0.3) is 0 Å². The first-order chi connectivity index (χ1) is 8.32. The SMILES string of the molecule is O=C(SCC(C(=O)O)C(F)(F)F)c1ccccc1. The van der Waals surface area contributed by atoms with Crippen LogP contribution < -0.4 is 0 Å². The zero-order valence-corrected chi connectivity index (χ0v) is 9.79. The molecule has 0 fully saturated rings. The van der Waals surface area contributed by atoms with E-state index in [1.807, 2.05) is 0 Å². The van der Waals surface area contributed by atoms with E-state index in [2.05, 4.69) is 0 Å². The van der Waals surface area contributed by atoms with E-state index < -0.39 is 28.9 Å². The van der Waals surface area contributed by atoms with Crippen molar-refractivity contribution in [2.45, 2.75) is 6.18 Å². The summed E-state index contributed by atoms with van der Waals surface area (Å²) in [6.07, 6.45) is -4.85. The van der Waals surface area contributed by atoms with Gasteiger partial charge in [0.1, 0.15) is 0 Å². The molecule has 0 bridgehead atoms. The number of carboxylic acid groups (broad SMARTS) is 1. The van der Waals surface area contributed by atoms with Crippen molar-refractivity contribution in [1.29, 1.82) is 0 Å². The zero-order valence-electron chi connectivity index (χ0n) is 8.98. The number of rotatable bonds is 4. The Balaban J connectivity index is 2.64. The number of hydrogen-bond acceptors (Lipinski definition) is 3. The molecule has 1 aromatic carbocycles. The van der Waals surface area contributed by atoms with E-state index in [4.69, 9.17) is 5.11 Å². The summed E-state index contributed by atoms with van der Waals surface area (Å²) in [5, 5.41) is 7.87. The summed E-state index contributed by atoms with van der Waals surface area (Å²) in [7, 11) is 0. The zero-order chi connectivity index (χ0) is 13.8. The molecule has 0 heterocycles. The molecular formula is C11H9F3O3S. The molecule has 1 rings (SSSR count). The van der Waals surface area contributed by atoms with Gasteiger partial charge in [-0.1, -0.05) is 42.1 Å². The quantitative estimate of drug-likeness (QED) is 0.920. The second-order valence-corrected chi connectivity index (χ2v) is 4.39. The Morgan fingerprint density at radius 3 is 2.22 bits per heavy atom. The van der Waals surface area contributed by atoms with E-state index >= 15 is 0 Å². The third-order valence-electron chi connectivity index (χ3n) is 2.08.